The maximum Gasteiger partial charge on any atom is 2.00 e. The van der Waals surface area contributed by atoms with Gasteiger partial charge < -0.3 is 28.8 Å². The molecule has 0 saturated heterocycles. The van der Waals surface area contributed by atoms with E-state index < -0.39 is 0 Å². The molecule has 0 heterocycles. The Balaban J connectivity index is -0.00000112. The molecule has 18 heavy (non-hydrogen) atoms. The summed E-state index contributed by atoms with van der Waals surface area (Å²) in [6.07, 6.45) is 12.4. The number of allylic oxidation sites excluding steroid dienone is 1. The Bertz CT molecular complexity index is 155. The van der Waals surface area contributed by atoms with E-state index >= 15 is 0 Å². The maximum absolute atomic E-state index is 5.36. The minimum absolute atomic E-state index is 0. The van der Waals surface area contributed by atoms with Crippen molar-refractivity contribution in [2.45, 2.75) is 51.9 Å². The number of unbranched alkanes of at least 4 members (excludes halogenated alkanes) is 4. The van der Waals surface area contributed by atoms with Crippen molar-refractivity contribution in [3.63, 3.8) is 0 Å². The SMILES string of the molecule is [CH2-]C/C=C\CCOCOCCCCCCC.[Cl-].[Mg+2]. The van der Waals surface area contributed by atoms with Crippen molar-refractivity contribution < 1.29 is 21.9 Å². The molecule has 2 nitrogen and oxygen atoms in total. The van der Waals surface area contributed by atoms with Gasteiger partial charge in [-0.15, -0.1) is 6.08 Å². The Labute approximate surface area is 135 Å². The predicted molar refractivity (Wildman–Crippen MR) is 75.0 cm³/mol. The Morgan fingerprint density at radius 1 is 0.944 bits per heavy atom. The van der Waals surface area contributed by atoms with Crippen molar-refractivity contribution in [1.82, 2.24) is 0 Å². The summed E-state index contributed by atoms with van der Waals surface area (Å²) in [6, 6.07) is 0. The molecule has 0 fully saturated rings. The second-order valence-corrected chi connectivity index (χ2v) is 3.90. The molecule has 0 saturated carbocycles. The molecule has 0 aliphatic heterocycles. The molecule has 0 rings (SSSR count). The zero-order valence-electron chi connectivity index (χ0n) is 11.8. The van der Waals surface area contributed by atoms with Gasteiger partial charge in [-0.25, -0.2) is 0 Å². The van der Waals surface area contributed by atoms with Crippen molar-refractivity contribution in [1.29, 1.82) is 0 Å². The van der Waals surface area contributed by atoms with E-state index in [4.69, 9.17) is 9.47 Å². The van der Waals surface area contributed by atoms with Gasteiger partial charge in [0.15, 0.2) is 0 Å². The van der Waals surface area contributed by atoms with E-state index in [9.17, 15) is 0 Å². The molecule has 0 aromatic carbocycles. The van der Waals surface area contributed by atoms with Crippen molar-refractivity contribution >= 4 is 23.1 Å². The number of halogens is 1. The van der Waals surface area contributed by atoms with E-state index in [2.05, 4.69) is 26.0 Å². The number of hydrogen-bond donors (Lipinski definition) is 0. The van der Waals surface area contributed by atoms with Gasteiger partial charge in [-0.2, -0.15) is 6.42 Å². The fourth-order valence-electron chi connectivity index (χ4n) is 1.37. The summed E-state index contributed by atoms with van der Waals surface area (Å²) in [7, 11) is 0. The van der Waals surface area contributed by atoms with Crippen LogP contribution in [0.15, 0.2) is 12.2 Å². The predicted octanol–water partition coefficient (Wildman–Crippen LogP) is 0.741. The molecule has 0 spiro atoms. The number of rotatable bonds is 12. The molecular weight excluding hydrogens is 260 g/mol. The van der Waals surface area contributed by atoms with E-state index in [1.165, 1.54) is 25.7 Å². The molecule has 0 bridgehead atoms. The van der Waals surface area contributed by atoms with Crippen LogP contribution in [0.25, 0.3) is 0 Å². The van der Waals surface area contributed by atoms with Gasteiger partial charge in [0.25, 0.3) is 0 Å². The van der Waals surface area contributed by atoms with Crippen LogP contribution < -0.4 is 12.4 Å². The standard InChI is InChI=1S/C14H27O2.ClH.Mg/c1-3-5-7-9-11-13-16-14-15-12-10-8-6-4-2;;/h6,8H,2-5,7,9-14H2,1H3;1H;/q-1;;+2/p-1/b8-6-;;. The van der Waals surface area contributed by atoms with Crippen LogP contribution in [0, 0.1) is 6.92 Å². The van der Waals surface area contributed by atoms with Gasteiger partial charge in [0, 0.05) is 6.61 Å². The Morgan fingerprint density at radius 3 is 2.28 bits per heavy atom. The third-order valence-electron chi connectivity index (χ3n) is 2.32. The minimum Gasteiger partial charge on any atom is -1.00 e. The molecule has 0 atom stereocenters. The fraction of sp³-hybridized carbons (Fsp3) is 0.786. The van der Waals surface area contributed by atoms with Crippen LogP contribution in [-0.2, 0) is 9.47 Å². The van der Waals surface area contributed by atoms with Crippen LogP contribution in [0.3, 0.4) is 0 Å². The first-order valence-electron chi connectivity index (χ1n) is 6.51. The summed E-state index contributed by atoms with van der Waals surface area (Å²) in [6.45, 7) is 7.96. The molecule has 0 amide bonds. The third-order valence-corrected chi connectivity index (χ3v) is 2.32. The van der Waals surface area contributed by atoms with Crippen LogP contribution >= 0.6 is 0 Å². The van der Waals surface area contributed by atoms with E-state index in [0.717, 1.165) is 32.5 Å². The average molecular weight is 287 g/mol. The summed E-state index contributed by atoms with van der Waals surface area (Å²) in [4.78, 5) is 0. The van der Waals surface area contributed by atoms with Crippen LogP contribution in [0.2, 0.25) is 0 Å². The molecule has 0 aliphatic rings. The van der Waals surface area contributed by atoms with Gasteiger partial charge in [-0.05, 0) is 12.8 Å². The van der Waals surface area contributed by atoms with Crippen LogP contribution in [0.5, 0.6) is 0 Å². The van der Waals surface area contributed by atoms with E-state index in [1.54, 1.807) is 0 Å². The molecule has 0 aromatic heterocycles. The Morgan fingerprint density at radius 2 is 1.61 bits per heavy atom. The maximum atomic E-state index is 5.36. The monoisotopic (exact) mass is 286 g/mol. The quantitative estimate of drug-likeness (QED) is 0.173. The smallest absolute Gasteiger partial charge is 1.00 e. The Kier molecular flexibility index (Phi) is 30.2. The van der Waals surface area contributed by atoms with Gasteiger partial charge in [0.1, 0.15) is 6.79 Å². The zero-order valence-corrected chi connectivity index (χ0v) is 14.0. The van der Waals surface area contributed by atoms with Gasteiger partial charge in [0.05, 0.1) is 6.61 Å². The largest absolute Gasteiger partial charge is 2.00 e. The average Bonchev–Trinajstić information content (AvgIpc) is 2.31. The molecule has 0 unspecified atom stereocenters. The summed E-state index contributed by atoms with van der Waals surface area (Å²) in [5.41, 5.74) is 0. The van der Waals surface area contributed by atoms with Gasteiger partial charge in [0.2, 0.25) is 0 Å². The van der Waals surface area contributed by atoms with Gasteiger partial charge in [-0.3, -0.25) is 0 Å². The Hall–Kier alpha value is 0.716. The van der Waals surface area contributed by atoms with Crippen molar-refractivity contribution in [2.24, 2.45) is 0 Å². The van der Waals surface area contributed by atoms with Crippen molar-refractivity contribution in [3.8, 4) is 0 Å². The first-order valence-corrected chi connectivity index (χ1v) is 6.51. The summed E-state index contributed by atoms with van der Waals surface area (Å²) in [5, 5.41) is 0. The van der Waals surface area contributed by atoms with E-state index in [1.807, 2.05) is 0 Å². The minimum atomic E-state index is 0. The molecule has 0 radical (unpaired) electrons. The van der Waals surface area contributed by atoms with Crippen molar-refractivity contribution in [2.75, 3.05) is 20.0 Å². The molecule has 0 aliphatic carbocycles. The molecule has 0 N–H and O–H groups in total. The second kappa shape index (κ2) is 22.9. The molecular formula is C14H27ClMgO2. The first kappa shape index (κ1) is 23.8. The molecule has 0 aromatic rings. The van der Waals surface area contributed by atoms with E-state index in [-0.39, 0.29) is 35.5 Å². The summed E-state index contributed by atoms with van der Waals surface area (Å²) < 4.78 is 10.7. The van der Waals surface area contributed by atoms with Gasteiger partial charge in [-0.1, -0.05) is 38.7 Å². The number of ether oxygens (including phenoxy) is 2. The van der Waals surface area contributed by atoms with Crippen LogP contribution in [0.1, 0.15) is 51.9 Å². The normalized spacial score (nSPS) is 10.1. The van der Waals surface area contributed by atoms with Crippen LogP contribution in [0.4, 0.5) is 0 Å². The molecule has 4 heteroatoms. The number of hydrogen-bond acceptors (Lipinski definition) is 2. The molecule has 104 valence electrons. The fourth-order valence-corrected chi connectivity index (χ4v) is 1.37. The summed E-state index contributed by atoms with van der Waals surface area (Å²) >= 11 is 0. The summed E-state index contributed by atoms with van der Waals surface area (Å²) in [5.74, 6) is 0. The zero-order chi connectivity index (χ0) is 11.9. The van der Waals surface area contributed by atoms with Crippen molar-refractivity contribution in [3.05, 3.63) is 19.1 Å². The van der Waals surface area contributed by atoms with E-state index in [0.29, 0.717) is 6.79 Å². The topological polar surface area (TPSA) is 18.5 Å². The van der Waals surface area contributed by atoms with Gasteiger partial charge >= 0.3 is 23.1 Å². The second-order valence-electron chi connectivity index (χ2n) is 3.90. The van der Waals surface area contributed by atoms with Crippen LogP contribution in [-0.4, -0.2) is 43.1 Å². The first-order chi connectivity index (χ1) is 7.91. The third kappa shape index (κ3) is 21.9.